The third-order valence-corrected chi connectivity index (χ3v) is 13.2. The van der Waals surface area contributed by atoms with Gasteiger partial charge in [0.15, 0.2) is 0 Å². The second-order valence-corrected chi connectivity index (χ2v) is 15.5. The third kappa shape index (κ3) is 8.87. The van der Waals surface area contributed by atoms with E-state index in [-0.39, 0.29) is 0 Å². The molecular formula is C5H20Si4. The van der Waals surface area contributed by atoms with Crippen LogP contribution in [0.4, 0.5) is 0 Å². The Labute approximate surface area is 69.1 Å². The molecule has 0 saturated heterocycles. The Morgan fingerprint density at radius 2 is 1.78 bits per heavy atom. The van der Waals surface area contributed by atoms with E-state index in [1.165, 1.54) is 10.2 Å². The molecule has 0 aliphatic carbocycles. The molecule has 0 N–H and O–H groups in total. The number of rotatable bonds is 6. The minimum atomic E-state index is 0.489. The van der Waals surface area contributed by atoms with E-state index < -0.39 is 0 Å². The molecule has 0 aromatic rings. The summed E-state index contributed by atoms with van der Waals surface area (Å²) < 4.78 is 0. The lowest BCUT2D eigenvalue weighted by Gasteiger charge is -1.93. The highest BCUT2D eigenvalue weighted by Crippen LogP contribution is 1.86. The highest BCUT2D eigenvalue weighted by atomic mass is 28.3. The fourth-order valence-corrected chi connectivity index (χ4v) is 17.0. The van der Waals surface area contributed by atoms with Crippen LogP contribution in [0.15, 0.2) is 0 Å². The van der Waals surface area contributed by atoms with Crippen molar-refractivity contribution in [3.05, 3.63) is 0 Å². The standard InChI is InChI=1S/C5H20Si4/c1-2-7-4-9-5-8-3-6/h2-5,7-9H2,1,6H3. The summed E-state index contributed by atoms with van der Waals surface area (Å²) in [5.74, 6) is 0. The quantitative estimate of drug-likeness (QED) is 0.352. The van der Waals surface area contributed by atoms with E-state index in [1.807, 2.05) is 0 Å². The average molecular weight is 193 g/mol. The van der Waals surface area contributed by atoms with Crippen molar-refractivity contribution in [2.75, 3.05) is 0 Å². The zero-order chi connectivity index (χ0) is 6.95. The van der Waals surface area contributed by atoms with Crippen LogP contribution in [0.5, 0.6) is 0 Å². The summed E-state index contributed by atoms with van der Waals surface area (Å²) in [7, 11) is 3.07. The fourth-order valence-electron chi connectivity index (χ4n) is 1.03. The predicted molar refractivity (Wildman–Crippen MR) is 60.5 cm³/mol. The monoisotopic (exact) mass is 192 g/mol. The molecule has 0 heterocycles. The minimum absolute atomic E-state index is 0.489. The molecule has 4 heteroatoms. The third-order valence-electron chi connectivity index (χ3n) is 1.71. The van der Waals surface area contributed by atoms with Crippen molar-refractivity contribution >= 4 is 38.8 Å². The molecule has 0 bridgehead atoms. The van der Waals surface area contributed by atoms with Crippen LogP contribution in [0, 0.1) is 0 Å². The van der Waals surface area contributed by atoms with Crippen LogP contribution in [0.3, 0.4) is 0 Å². The van der Waals surface area contributed by atoms with Crippen molar-refractivity contribution in [3.8, 4) is 0 Å². The molecule has 0 spiro atoms. The Morgan fingerprint density at radius 3 is 2.33 bits per heavy atom. The van der Waals surface area contributed by atoms with Gasteiger partial charge in [-0.1, -0.05) is 30.0 Å². The minimum Gasteiger partial charge on any atom is -0.0752 e. The molecule has 0 aliphatic rings. The first kappa shape index (κ1) is 9.87. The predicted octanol–water partition coefficient (Wildman–Crippen LogP) is -1.58. The van der Waals surface area contributed by atoms with Crippen molar-refractivity contribution in [2.24, 2.45) is 0 Å². The summed E-state index contributed by atoms with van der Waals surface area (Å²) in [6.45, 7) is 2.37. The Bertz CT molecular complexity index is 42.2. The van der Waals surface area contributed by atoms with Crippen LogP contribution in [0.1, 0.15) is 6.92 Å². The lowest BCUT2D eigenvalue weighted by atomic mass is 11.0. The van der Waals surface area contributed by atoms with Gasteiger partial charge in [0, 0.05) is 28.6 Å². The van der Waals surface area contributed by atoms with Crippen LogP contribution >= 0.6 is 0 Å². The lowest BCUT2D eigenvalue weighted by molar-refractivity contribution is 1.44. The average Bonchev–Trinajstić information content (AvgIpc) is 1.89. The van der Waals surface area contributed by atoms with Gasteiger partial charge >= 0.3 is 0 Å². The molecule has 0 amide bonds. The maximum Gasteiger partial charge on any atom is 0.0163 e. The Hall–Kier alpha value is 0.868. The van der Waals surface area contributed by atoms with E-state index in [1.54, 1.807) is 23.0 Å². The second kappa shape index (κ2) is 8.87. The topological polar surface area (TPSA) is 0 Å². The highest BCUT2D eigenvalue weighted by molar-refractivity contribution is 6.65. The second-order valence-electron chi connectivity index (χ2n) is 2.77. The van der Waals surface area contributed by atoms with E-state index in [4.69, 9.17) is 0 Å². The van der Waals surface area contributed by atoms with Gasteiger partial charge in [-0.05, 0) is 10.2 Å². The number of hydrogen-bond donors (Lipinski definition) is 0. The fraction of sp³-hybridized carbons (Fsp3) is 1.00. The maximum absolute atomic E-state index is 2.37. The smallest absolute Gasteiger partial charge is 0.0163 e. The largest absolute Gasteiger partial charge is 0.0752 e. The lowest BCUT2D eigenvalue weighted by Crippen LogP contribution is -2.00. The maximum atomic E-state index is 2.37. The summed E-state index contributed by atoms with van der Waals surface area (Å²) in [4.78, 5) is 0. The molecule has 0 aromatic carbocycles. The molecule has 9 heavy (non-hydrogen) atoms. The van der Waals surface area contributed by atoms with Gasteiger partial charge in [0.25, 0.3) is 0 Å². The van der Waals surface area contributed by atoms with Gasteiger partial charge in [-0.2, -0.15) is 0 Å². The van der Waals surface area contributed by atoms with Crippen LogP contribution < -0.4 is 0 Å². The molecule has 0 unspecified atom stereocenters. The molecule has 0 nitrogen and oxygen atoms in total. The first-order chi connectivity index (χ1) is 4.41. The Morgan fingerprint density at radius 1 is 1.11 bits per heavy atom. The van der Waals surface area contributed by atoms with Crippen molar-refractivity contribution in [1.82, 2.24) is 0 Å². The molecule has 0 saturated carbocycles. The summed E-state index contributed by atoms with van der Waals surface area (Å²) >= 11 is 0. The summed E-state index contributed by atoms with van der Waals surface area (Å²) in [5.41, 5.74) is 5.28. The molecule has 0 fully saturated rings. The summed E-state index contributed by atoms with van der Waals surface area (Å²) in [6.07, 6.45) is 0. The van der Waals surface area contributed by atoms with Crippen LogP contribution in [-0.4, -0.2) is 38.8 Å². The number of hydrogen-bond acceptors (Lipinski definition) is 0. The van der Waals surface area contributed by atoms with Gasteiger partial charge < -0.3 is 0 Å². The zero-order valence-electron chi connectivity index (χ0n) is 6.95. The van der Waals surface area contributed by atoms with E-state index in [9.17, 15) is 0 Å². The highest BCUT2D eigenvalue weighted by Gasteiger charge is 1.88. The van der Waals surface area contributed by atoms with E-state index >= 15 is 0 Å². The van der Waals surface area contributed by atoms with Crippen molar-refractivity contribution in [3.63, 3.8) is 0 Å². The van der Waals surface area contributed by atoms with Crippen LogP contribution in [0.25, 0.3) is 0 Å². The van der Waals surface area contributed by atoms with Crippen LogP contribution in [-0.2, 0) is 0 Å². The Kier molecular flexibility index (Phi) is 9.72. The molecule has 0 aliphatic heterocycles. The van der Waals surface area contributed by atoms with Gasteiger partial charge in [-0.3, -0.25) is 0 Å². The zero-order valence-corrected chi connectivity index (χ0v) is 13.2. The van der Waals surface area contributed by atoms with Crippen molar-refractivity contribution < 1.29 is 0 Å². The van der Waals surface area contributed by atoms with Gasteiger partial charge in [-0.15, -0.1) is 0 Å². The van der Waals surface area contributed by atoms with Gasteiger partial charge in [-0.25, -0.2) is 0 Å². The van der Waals surface area contributed by atoms with Crippen molar-refractivity contribution in [2.45, 2.75) is 30.0 Å². The molecule has 0 rings (SSSR count). The van der Waals surface area contributed by atoms with Crippen LogP contribution in [0.2, 0.25) is 23.0 Å². The summed E-state index contributed by atoms with van der Waals surface area (Å²) in [6, 6.07) is 1.56. The van der Waals surface area contributed by atoms with Gasteiger partial charge in [0.2, 0.25) is 0 Å². The first-order valence-electron chi connectivity index (χ1n) is 4.41. The van der Waals surface area contributed by atoms with Gasteiger partial charge in [0.05, 0.1) is 0 Å². The molecule has 56 valence electrons. The van der Waals surface area contributed by atoms with E-state index in [2.05, 4.69) is 6.92 Å². The van der Waals surface area contributed by atoms with Gasteiger partial charge in [0.1, 0.15) is 0 Å². The summed E-state index contributed by atoms with van der Waals surface area (Å²) in [5, 5.41) is 0. The molecule has 0 atom stereocenters. The molecule has 0 radical (unpaired) electrons. The van der Waals surface area contributed by atoms with E-state index in [0.29, 0.717) is 28.6 Å². The van der Waals surface area contributed by atoms with E-state index in [0.717, 1.165) is 0 Å². The van der Waals surface area contributed by atoms with Crippen molar-refractivity contribution in [1.29, 1.82) is 0 Å². The SMILES string of the molecule is CC[SiH2]C[SiH2]C[SiH2]C[SiH3]. The normalized spacial score (nSPS) is 14.3. The first-order valence-corrected chi connectivity index (χ1v) is 11.8. The Balaban J connectivity index is 2.60. The molecular weight excluding hydrogens is 172 g/mol. The molecule has 0 aromatic heterocycles.